The minimum atomic E-state index is -0.973. The number of nitrogen functional groups attached to an aromatic ring is 2. The highest BCUT2D eigenvalue weighted by Gasteiger charge is 2.29. The smallest absolute Gasteiger partial charge is 0.331 e. The Morgan fingerprint density at radius 2 is 0.951 bits per heavy atom. The molecule has 0 amide bonds. The van der Waals surface area contributed by atoms with E-state index >= 15 is 0 Å². The number of esters is 1. The number of aromatic nitrogens is 4. The lowest BCUT2D eigenvalue weighted by Crippen LogP contribution is -2.48. The van der Waals surface area contributed by atoms with Gasteiger partial charge in [0.25, 0.3) is 0 Å². The summed E-state index contributed by atoms with van der Waals surface area (Å²) in [6, 6.07) is 27.7. The van der Waals surface area contributed by atoms with E-state index in [1.54, 1.807) is 0 Å². The molecule has 0 atom stereocenters. The van der Waals surface area contributed by atoms with Crippen LogP contribution in [0.25, 0.3) is 22.5 Å². The zero-order chi connectivity index (χ0) is 56.5. The Labute approximate surface area is 482 Å². The molecule has 20 nitrogen and oxygen atoms in total. The van der Waals surface area contributed by atoms with Crippen molar-refractivity contribution in [2.45, 2.75) is 38.9 Å². The normalized spacial score (nSPS) is 14.9. The lowest BCUT2D eigenvalue weighted by atomic mass is 9.88. The lowest BCUT2D eigenvalue weighted by Gasteiger charge is -2.37. The molecule has 2 aliphatic heterocycles. The first-order valence-electron chi connectivity index (χ1n) is 27.3. The minimum absolute atomic E-state index is 0.0504. The van der Waals surface area contributed by atoms with Gasteiger partial charge in [-0.05, 0) is 109 Å². The highest BCUT2D eigenvalue weighted by atomic mass is 35.5. The number of nitrogens with two attached hydrogens (primary N) is 2. The van der Waals surface area contributed by atoms with E-state index in [2.05, 4.69) is 68.5 Å². The lowest BCUT2D eigenvalue weighted by molar-refractivity contribution is -0.146. The molecular weight excluding hydrogens is 1080 g/mol. The van der Waals surface area contributed by atoms with Crippen molar-refractivity contribution in [3.8, 4) is 34.0 Å². The molecule has 22 heteroatoms. The molecule has 5 N–H and O–H groups in total. The molecule has 0 radical (unpaired) electrons. The van der Waals surface area contributed by atoms with E-state index < -0.39 is 5.97 Å². The molecule has 0 saturated carbocycles. The van der Waals surface area contributed by atoms with Gasteiger partial charge in [0.05, 0.1) is 58.1 Å². The van der Waals surface area contributed by atoms with Crippen molar-refractivity contribution in [2.24, 2.45) is 0 Å². The topological polar surface area (TPSA) is 236 Å². The molecule has 0 unspecified atom stereocenters. The van der Waals surface area contributed by atoms with Crippen LogP contribution in [0.2, 0.25) is 10.0 Å². The number of carbonyl (C=O) groups is 2. The van der Waals surface area contributed by atoms with Gasteiger partial charge in [0.15, 0.2) is 0 Å². The van der Waals surface area contributed by atoms with Crippen molar-refractivity contribution >= 4 is 58.7 Å². The van der Waals surface area contributed by atoms with Crippen molar-refractivity contribution in [1.29, 1.82) is 0 Å². The molecule has 81 heavy (non-hydrogen) atoms. The van der Waals surface area contributed by atoms with Gasteiger partial charge in [0.2, 0.25) is 11.9 Å². The maximum Gasteiger partial charge on any atom is 0.331 e. The monoisotopic (exact) mass is 1150 g/mol. The van der Waals surface area contributed by atoms with Crippen LogP contribution in [0.1, 0.15) is 33.4 Å². The standard InChI is InChI=1S/C30H36ClN5O5.C29H34ClN5O5/c1-38-27(37)20-40-17-16-39-15-14-35-10-12-36(13-11-35)29-26-8-4-22-18-24(41-19-21-2-5-23(31)6-3-21)7-9-25(22)28(26)33-30(32)34-29;30-22-4-1-20(2-5-22)18-40-23-6-8-24-21(17-23)3-7-25-27(24)32-29(31)33-28(25)35-11-9-34(10-12-35)13-14-38-15-16-39-19-26(36)37/h2-3,5-7,9,18H,4,8,10-17,19-20H2,1H3,(H2,32,33,34);1-2,4-6,8,17H,3,7,9-16,18-19H2,(H,36,37)(H2,31,32,33). The first-order valence-corrected chi connectivity index (χ1v) is 28.1. The van der Waals surface area contributed by atoms with E-state index in [1.165, 1.54) is 18.2 Å². The van der Waals surface area contributed by atoms with E-state index in [1.807, 2.05) is 60.7 Å². The number of aliphatic carboxylic acids is 1. The number of benzene rings is 4. The number of carboxylic acid groups (broad SMARTS) is 1. The Morgan fingerprint density at radius 1 is 0.531 bits per heavy atom. The van der Waals surface area contributed by atoms with E-state index in [4.69, 9.17) is 68.2 Å². The molecule has 4 heterocycles. The van der Waals surface area contributed by atoms with Gasteiger partial charge in [-0.2, -0.15) is 9.97 Å². The van der Waals surface area contributed by atoms with Crippen molar-refractivity contribution in [1.82, 2.24) is 29.7 Å². The molecule has 4 aromatic carbocycles. The summed E-state index contributed by atoms with van der Waals surface area (Å²) in [5.41, 5.74) is 23.3. The van der Waals surface area contributed by atoms with Crippen molar-refractivity contribution in [3.05, 3.63) is 128 Å². The largest absolute Gasteiger partial charge is 0.489 e. The third-order valence-electron chi connectivity index (χ3n) is 14.5. The summed E-state index contributed by atoms with van der Waals surface area (Å²) in [6.07, 6.45) is 3.47. The number of aryl methyl sites for hydroxylation is 2. The number of halogens is 2. The maximum atomic E-state index is 11.1. The molecular formula is C59H70Cl2N10O10. The van der Waals surface area contributed by atoms with E-state index in [0.717, 1.165) is 159 Å². The fourth-order valence-corrected chi connectivity index (χ4v) is 10.4. The number of ether oxygens (including phenoxy) is 7. The predicted octanol–water partition coefficient (Wildman–Crippen LogP) is 6.68. The average Bonchev–Trinajstić information content (AvgIpc) is 3.61. The van der Waals surface area contributed by atoms with Crippen LogP contribution < -0.4 is 30.7 Å². The molecule has 2 aliphatic carbocycles. The molecule has 6 aromatic rings. The molecule has 2 fully saturated rings. The molecule has 2 aromatic heterocycles. The van der Waals surface area contributed by atoms with Gasteiger partial charge in [0.1, 0.15) is 49.6 Å². The van der Waals surface area contributed by atoms with Gasteiger partial charge in [0, 0.05) is 97.7 Å². The quantitative estimate of drug-likeness (QED) is 0.0423. The summed E-state index contributed by atoms with van der Waals surface area (Å²) >= 11 is 12.0. The summed E-state index contributed by atoms with van der Waals surface area (Å²) in [4.78, 5) is 49.6. The summed E-state index contributed by atoms with van der Waals surface area (Å²) in [5.74, 6) is 2.75. The third-order valence-corrected chi connectivity index (χ3v) is 15.0. The minimum Gasteiger partial charge on any atom is -0.489 e. The van der Waals surface area contributed by atoms with Gasteiger partial charge >= 0.3 is 11.9 Å². The van der Waals surface area contributed by atoms with Crippen LogP contribution in [-0.4, -0.2) is 172 Å². The Hall–Kier alpha value is -6.88. The number of fused-ring (bicyclic) bond motifs is 6. The Kier molecular flexibility index (Phi) is 21.2. The number of rotatable bonds is 24. The number of nitrogens with zero attached hydrogens (tertiary/aromatic N) is 8. The van der Waals surface area contributed by atoms with Crippen LogP contribution in [0.5, 0.6) is 11.5 Å². The first kappa shape index (κ1) is 58.8. The summed E-state index contributed by atoms with van der Waals surface area (Å²) in [7, 11) is 1.34. The van der Waals surface area contributed by atoms with Gasteiger partial charge < -0.3 is 59.5 Å². The zero-order valence-corrected chi connectivity index (χ0v) is 47.2. The van der Waals surface area contributed by atoms with Crippen LogP contribution in [0, 0.1) is 0 Å². The summed E-state index contributed by atoms with van der Waals surface area (Å²) < 4.78 is 38.1. The number of hydrogen-bond acceptors (Lipinski definition) is 19. The fourth-order valence-electron chi connectivity index (χ4n) is 10.2. The molecule has 2 saturated heterocycles. The van der Waals surface area contributed by atoms with Crippen molar-refractivity contribution in [2.75, 3.05) is 147 Å². The second kappa shape index (κ2) is 29.2. The predicted molar refractivity (Wildman–Crippen MR) is 310 cm³/mol. The van der Waals surface area contributed by atoms with Crippen molar-refractivity contribution in [3.63, 3.8) is 0 Å². The van der Waals surface area contributed by atoms with Crippen LogP contribution in [-0.2, 0) is 72.2 Å². The van der Waals surface area contributed by atoms with Gasteiger partial charge in [-0.15, -0.1) is 0 Å². The molecule has 0 bridgehead atoms. The second-order valence-electron chi connectivity index (χ2n) is 19.9. The Morgan fingerprint density at radius 3 is 1.37 bits per heavy atom. The number of carbonyl (C=O) groups excluding carboxylic acids is 1. The Bertz CT molecular complexity index is 3050. The number of carboxylic acids is 1. The number of methoxy groups -OCH3 is 1. The van der Waals surface area contributed by atoms with Crippen LogP contribution >= 0.6 is 23.2 Å². The third kappa shape index (κ3) is 16.6. The van der Waals surface area contributed by atoms with E-state index in [9.17, 15) is 9.59 Å². The van der Waals surface area contributed by atoms with Crippen molar-refractivity contribution < 1.29 is 47.9 Å². The van der Waals surface area contributed by atoms with Crippen LogP contribution in [0.15, 0.2) is 84.9 Å². The zero-order valence-electron chi connectivity index (χ0n) is 45.7. The number of piperazine rings is 2. The maximum absolute atomic E-state index is 11.1. The highest BCUT2D eigenvalue weighted by Crippen LogP contribution is 2.40. The summed E-state index contributed by atoms with van der Waals surface area (Å²) in [6.45, 7) is 11.9. The number of anilines is 4. The Balaban J connectivity index is 0.000000196. The first-order chi connectivity index (χ1) is 39.5. The highest BCUT2D eigenvalue weighted by molar-refractivity contribution is 6.30. The van der Waals surface area contributed by atoms with Gasteiger partial charge in [-0.3, -0.25) is 9.80 Å². The van der Waals surface area contributed by atoms with Crippen LogP contribution in [0.4, 0.5) is 23.5 Å². The number of hydrogen-bond donors (Lipinski definition) is 3. The van der Waals surface area contributed by atoms with Gasteiger partial charge in [-0.1, -0.05) is 47.5 Å². The molecule has 4 aliphatic rings. The average molecular weight is 1150 g/mol. The summed E-state index contributed by atoms with van der Waals surface area (Å²) in [5, 5.41) is 10.0. The molecule has 430 valence electrons. The second-order valence-corrected chi connectivity index (χ2v) is 20.8. The molecule has 10 rings (SSSR count). The SMILES string of the molecule is COC(=O)COCCOCCN1CCN(c2nc(N)nc3c2CCc2cc(OCc4ccc(Cl)cc4)ccc2-3)CC1.Nc1nc2c(c(N3CCN(CCOCCOCC(=O)O)CC3)n1)CCc1cc(OCc3ccc(Cl)cc3)ccc1-2. The van der Waals surface area contributed by atoms with Gasteiger partial charge in [-0.25, -0.2) is 19.6 Å². The molecule has 0 spiro atoms. The fraction of sp³-hybridized carbons (Fsp3) is 0.424. The van der Waals surface area contributed by atoms with E-state index in [-0.39, 0.29) is 31.7 Å². The van der Waals surface area contributed by atoms with Crippen LogP contribution in [0.3, 0.4) is 0 Å². The van der Waals surface area contributed by atoms with E-state index in [0.29, 0.717) is 62.2 Å².